The van der Waals surface area contributed by atoms with Crippen molar-refractivity contribution >= 4 is 34.5 Å². The Labute approximate surface area is 159 Å². The molecule has 28 heavy (non-hydrogen) atoms. The summed E-state index contributed by atoms with van der Waals surface area (Å²) in [5.41, 5.74) is 6.50. The van der Waals surface area contributed by atoms with Crippen molar-refractivity contribution < 1.29 is 9.85 Å². The number of nitro groups is 2. The molecule has 11 nitrogen and oxygen atoms in total. The van der Waals surface area contributed by atoms with E-state index in [1.807, 2.05) is 0 Å². The van der Waals surface area contributed by atoms with E-state index < -0.39 is 9.85 Å². The van der Waals surface area contributed by atoms with E-state index in [0.29, 0.717) is 17.2 Å². The number of hydrogen-bond acceptors (Lipinski definition) is 6. The Morgan fingerprint density at radius 3 is 1.96 bits per heavy atom. The lowest BCUT2D eigenvalue weighted by Crippen LogP contribution is -2.16. The second-order valence-corrected chi connectivity index (χ2v) is 5.48. The van der Waals surface area contributed by atoms with E-state index in [2.05, 4.69) is 27.2 Å². The van der Waals surface area contributed by atoms with Gasteiger partial charge in [0.1, 0.15) is 11.7 Å². The first-order valence-electron chi connectivity index (χ1n) is 7.86. The molecular formula is C17H17N7O4. The van der Waals surface area contributed by atoms with Crippen LogP contribution >= 0.6 is 0 Å². The van der Waals surface area contributed by atoms with Gasteiger partial charge in [-0.05, 0) is 19.1 Å². The van der Waals surface area contributed by atoms with E-state index in [-0.39, 0.29) is 23.2 Å². The van der Waals surface area contributed by atoms with Gasteiger partial charge < -0.3 is 16.4 Å². The maximum absolute atomic E-state index is 10.8. The number of amidine groups is 1. The molecule has 0 atom stereocenters. The monoisotopic (exact) mass is 383 g/mol. The number of rotatable bonds is 6. The van der Waals surface area contributed by atoms with Crippen LogP contribution in [0.2, 0.25) is 0 Å². The van der Waals surface area contributed by atoms with E-state index in [1.54, 1.807) is 19.1 Å². The van der Waals surface area contributed by atoms with E-state index in [9.17, 15) is 20.2 Å². The highest BCUT2D eigenvalue weighted by Gasteiger charge is 2.07. The average molecular weight is 383 g/mol. The summed E-state index contributed by atoms with van der Waals surface area (Å²) in [6.07, 6.45) is 0. The molecular weight excluding hydrogens is 366 g/mol. The molecule has 144 valence electrons. The number of hydrogen-bond donors (Lipinski definition) is 3. The minimum atomic E-state index is -0.515. The van der Waals surface area contributed by atoms with E-state index >= 15 is 0 Å². The van der Waals surface area contributed by atoms with Crippen LogP contribution in [0.3, 0.4) is 0 Å². The van der Waals surface area contributed by atoms with Crippen LogP contribution in [-0.4, -0.2) is 21.6 Å². The van der Waals surface area contributed by atoms with Crippen molar-refractivity contribution in [2.75, 3.05) is 10.6 Å². The number of guanidine groups is 1. The van der Waals surface area contributed by atoms with Crippen molar-refractivity contribution in [1.82, 2.24) is 0 Å². The van der Waals surface area contributed by atoms with Crippen molar-refractivity contribution in [3.63, 3.8) is 0 Å². The number of nitrogens with two attached hydrogens (primary N) is 1. The normalized spacial score (nSPS) is 11.6. The summed E-state index contributed by atoms with van der Waals surface area (Å²) < 4.78 is 0. The van der Waals surface area contributed by atoms with Gasteiger partial charge in [0.25, 0.3) is 11.4 Å². The molecule has 0 saturated carbocycles. The Morgan fingerprint density at radius 1 is 0.964 bits per heavy atom. The van der Waals surface area contributed by atoms with Gasteiger partial charge in [-0.2, -0.15) is 4.99 Å². The first-order chi connectivity index (χ1) is 13.2. The van der Waals surface area contributed by atoms with Crippen LogP contribution in [0.4, 0.5) is 22.7 Å². The van der Waals surface area contributed by atoms with Crippen LogP contribution in [0.15, 0.2) is 70.9 Å². The van der Waals surface area contributed by atoms with Gasteiger partial charge in [-0.1, -0.05) is 18.7 Å². The van der Waals surface area contributed by atoms with Crippen molar-refractivity contribution in [2.45, 2.75) is 6.92 Å². The summed E-state index contributed by atoms with van der Waals surface area (Å²) in [5, 5.41) is 27.2. The topological polar surface area (TPSA) is 161 Å². The summed E-state index contributed by atoms with van der Waals surface area (Å²) >= 11 is 0. The Morgan fingerprint density at radius 2 is 1.46 bits per heavy atom. The van der Waals surface area contributed by atoms with Crippen LogP contribution in [0.5, 0.6) is 0 Å². The van der Waals surface area contributed by atoms with Crippen LogP contribution < -0.4 is 16.4 Å². The first kappa shape index (κ1) is 20.0. The van der Waals surface area contributed by atoms with Crippen molar-refractivity contribution in [3.8, 4) is 0 Å². The number of non-ortho nitro benzene ring substituents is 2. The molecule has 0 fully saturated rings. The number of anilines is 2. The third-order valence-electron chi connectivity index (χ3n) is 3.26. The SMILES string of the molecule is C=C(/N=C(N)\N=C(/C)Nc1cccc([N+](=O)[O-])c1)Nc1cccc([N+](=O)[O-])c1. The molecule has 0 heterocycles. The maximum atomic E-state index is 10.8. The minimum absolute atomic E-state index is 0.0611. The summed E-state index contributed by atoms with van der Waals surface area (Å²) in [5.74, 6) is 0.355. The van der Waals surface area contributed by atoms with Gasteiger partial charge in [0, 0.05) is 35.6 Å². The number of benzene rings is 2. The van der Waals surface area contributed by atoms with Crippen molar-refractivity contribution in [2.24, 2.45) is 15.7 Å². The highest BCUT2D eigenvalue weighted by Crippen LogP contribution is 2.19. The van der Waals surface area contributed by atoms with Crippen LogP contribution in [0.25, 0.3) is 0 Å². The third kappa shape index (κ3) is 5.91. The van der Waals surface area contributed by atoms with Crippen LogP contribution in [-0.2, 0) is 0 Å². The lowest BCUT2D eigenvalue weighted by Gasteiger charge is -2.07. The largest absolute Gasteiger partial charge is 0.368 e. The molecule has 0 aliphatic heterocycles. The molecule has 0 saturated heterocycles. The molecule has 11 heteroatoms. The van der Waals surface area contributed by atoms with Crippen molar-refractivity contribution in [1.29, 1.82) is 0 Å². The molecule has 2 rings (SSSR count). The van der Waals surface area contributed by atoms with Gasteiger partial charge in [-0.3, -0.25) is 20.2 Å². The van der Waals surface area contributed by atoms with Gasteiger partial charge >= 0.3 is 0 Å². The Hall–Kier alpha value is -4.28. The minimum Gasteiger partial charge on any atom is -0.368 e. The Balaban J connectivity index is 2.04. The quantitative estimate of drug-likeness (QED) is 0.298. The zero-order valence-electron chi connectivity index (χ0n) is 14.8. The molecule has 0 spiro atoms. The molecule has 0 aliphatic rings. The fraction of sp³-hybridized carbons (Fsp3) is 0.0588. The van der Waals surface area contributed by atoms with E-state index in [0.717, 1.165) is 0 Å². The average Bonchev–Trinajstić information content (AvgIpc) is 2.61. The molecule has 0 amide bonds. The van der Waals surface area contributed by atoms with Gasteiger partial charge in [0.2, 0.25) is 5.96 Å². The number of aliphatic imine (C=N–C) groups is 2. The smallest absolute Gasteiger partial charge is 0.271 e. The maximum Gasteiger partial charge on any atom is 0.271 e. The van der Waals surface area contributed by atoms with Crippen molar-refractivity contribution in [3.05, 3.63) is 81.2 Å². The lowest BCUT2D eigenvalue weighted by atomic mass is 10.3. The van der Waals surface area contributed by atoms with Gasteiger partial charge in [-0.25, -0.2) is 4.99 Å². The second-order valence-electron chi connectivity index (χ2n) is 5.48. The predicted molar refractivity (Wildman–Crippen MR) is 107 cm³/mol. The van der Waals surface area contributed by atoms with Crippen LogP contribution in [0, 0.1) is 20.2 Å². The molecule has 4 N–H and O–H groups in total. The predicted octanol–water partition coefficient (Wildman–Crippen LogP) is 3.23. The molecule has 2 aromatic carbocycles. The molecule has 2 aromatic rings. The summed E-state index contributed by atoms with van der Waals surface area (Å²) in [6, 6.07) is 11.7. The van der Waals surface area contributed by atoms with Gasteiger partial charge in [-0.15, -0.1) is 0 Å². The fourth-order valence-electron chi connectivity index (χ4n) is 2.16. The van der Waals surface area contributed by atoms with E-state index in [4.69, 9.17) is 5.73 Å². The molecule has 0 aliphatic carbocycles. The zero-order chi connectivity index (χ0) is 20.7. The van der Waals surface area contributed by atoms with Gasteiger partial charge in [0.15, 0.2) is 0 Å². The summed E-state index contributed by atoms with van der Waals surface area (Å²) in [4.78, 5) is 28.6. The third-order valence-corrected chi connectivity index (χ3v) is 3.26. The van der Waals surface area contributed by atoms with Gasteiger partial charge in [0.05, 0.1) is 9.85 Å². The molecule has 0 unspecified atom stereocenters. The zero-order valence-corrected chi connectivity index (χ0v) is 14.8. The first-order valence-corrected chi connectivity index (χ1v) is 7.86. The highest BCUT2D eigenvalue weighted by atomic mass is 16.6. The summed E-state index contributed by atoms with van der Waals surface area (Å²) in [7, 11) is 0. The Kier molecular flexibility index (Phi) is 6.36. The second kappa shape index (κ2) is 8.89. The van der Waals surface area contributed by atoms with Crippen LogP contribution in [0.1, 0.15) is 6.92 Å². The Bertz CT molecular complexity index is 985. The lowest BCUT2D eigenvalue weighted by molar-refractivity contribution is -0.385. The number of nitrogens with zero attached hydrogens (tertiary/aromatic N) is 4. The highest BCUT2D eigenvalue weighted by molar-refractivity contribution is 6.01. The van der Waals surface area contributed by atoms with E-state index in [1.165, 1.54) is 36.4 Å². The standard InChI is InChI=1S/C17H17N7O4/c1-11(19-13-5-3-7-15(9-13)23(25)26)21-17(18)22-12(2)20-14-6-4-8-16(10-14)24(27)28/h3-10,19H,1H2,2H3,(H3,18,20,21,22). The number of nitrogens with one attached hydrogen (secondary N) is 2. The number of nitro benzene ring substituents is 2. The molecule has 0 bridgehead atoms. The molecule has 0 aromatic heterocycles. The fourth-order valence-corrected chi connectivity index (χ4v) is 2.16. The molecule has 0 radical (unpaired) electrons. The summed E-state index contributed by atoms with van der Waals surface area (Å²) in [6.45, 7) is 5.28.